The average molecular weight is 1100 g/mol. The predicted octanol–water partition coefficient (Wildman–Crippen LogP) is 25.0. The van der Waals surface area contributed by atoms with E-state index in [-0.39, 0.29) is 25.2 Å². The van der Waals surface area contributed by atoms with E-state index in [1.807, 2.05) is 0 Å². The average Bonchev–Trinajstić information content (AvgIpc) is 3.44. The molecule has 0 aromatic heterocycles. The van der Waals surface area contributed by atoms with Crippen molar-refractivity contribution >= 4 is 11.9 Å². The normalized spacial score (nSPS) is 12.1. The molecule has 0 saturated carbocycles. The molecule has 1 N–H and O–H groups in total. The summed E-state index contributed by atoms with van der Waals surface area (Å²) in [7, 11) is 0. The van der Waals surface area contributed by atoms with E-state index in [1.54, 1.807) is 0 Å². The summed E-state index contributed by atoms with van der Waals surface area (Å²) in [5.74, 6) is -0.561. The number of aliphatic hydroxyl groups excluding tert-OH is 1. The van der Waals surface area contributed by atoms with Crippen molar-refractivity contribution < 1.29 is 24.2 Å². The van der Waals surface area contributed by atoms with E-state index in [4.69, 9.17) is 9.47 Å². The van der Waals surface area contributed by atoms with Crippen LogP contribution >= 0.6 is 0 Å². The number of hydrogen-bond acceptors (Lipinski definition) is 5. The monoisotopic (exact) mass is 1100 g/mol. The van der Waals surface area contributed by atoms with Crippen LogP contribution in [0.25, 0.3) is 0 Å². The first-order valence-corrected chi connectivity index (χ1v) is 36.2. The SMILES string of the molecule is CCCCCCCCCC/C=C\CCCCCCCCCCCCCCCCCCCC(=O)OC(CO)COC(=O)CCCCCCCCCCCCCCCCCCCCCCCCCCCCCCCCCCCCC. The van der Waals surface area contributed by atoms with Crippen molar-refractivity contribution in [3.05, 3.63) is 12.2 Å². The molecule has 0 aromatic rings. The highest BCUT2D eigenvalue weighted by molar-refractivity contribution is 5.70. The Kier molecular flexibility index (Phi) is 68.7. The third kappa shape index (κ3) is 67.1. The summed E-state index contributed by atoms with van der Waals surface area (Å²) in [5.41, 5.74) is 0. The molecule has 0 spiro atoms. The van der Waals surface area contributed by atoms with Crippen LogP contribution in [0, 0.1) is 0 Å². The fourth-order valence-corrected chi connectivity index (χ4v) is 11.6. The maximum atomic E-state index is 12.4. The Hall–Kier alpha value is -1.36. The molecule has 0 aliphatic rings. The molecule has 5 heteroatoms. The minimum absolute atomic E-state index is 0.0569. The minimum Gasteiger partial charge on any atom is -0.462 e. The molecule has 0 aromatic carbocycles. The molecule has 0 rings (SSSR count). The second-order valence-corrected chi connectivity index (χ2v) is 25.0. The fourth-order valence-electron chi connectivity index (χ4n) is 11.6. The first kappa shape index (κ1) is 76.6. The Balaban J connectivity index is 3.35. The van der Waals surface area contributed by atoms with Gasteiger partial charge in [0.2, 0.25) is 0 Å². The summed E-state index contributed by atoms with van der Waals surface area (Å²) in [4.78, 5) is 24.7. The second-order valence-electron chi connectivity index (χ2n) is 25.0. The van der Waals surface area contributed by atoms with Crippen LogP contribution in [-0.2, 0) is 19.1 Å². The topological polar surface area (TPSA) is 72.8 Å². The number of aliphatic hydroxyl groups is 1. The van der Waals surface area contributed by atoms with Gasteiger partial charge in [0.15, 0.2) is 6.10 Å². The van der Waals surface area contributed by atoms with Gasteiger partial charge in [-0.1, -0.05) is 386 Å². The molecule has 0 aliphatic carbocycles. The molecular weight excluding hydrogens is 957 g/mol. The van der Waals surface area contributed by atoms with Gasteiger partial charge < -0.3 is 14.6 Å². The van der Waals surface area contributed by atoms with Crippen molar-refractivity contribution in [3.8, 4) is 0 Å². The summed E-state index contributed by atoms with van der Waals surface area (Å²) >= 11 is 0. The van der Waals surface area contributed by atoms with E-state index in [0.717, 1.165) is 32.1 Å². The summed E-state index contributed by atoms with van der Waals surface area (Å²) in [6.07, 6.45) is 89.9. The zero-order valence-corrected chi connectivity index (χ0v) is 53.5. The van der Waals surface area contributed by atoms with Crippen LogP contribution in [0.3, 0.4) is 0 Å². The zero-order valence-electron chi connectivity index (χ0n) is 53.5. The molecular formula is C73H142O5. The van der Waals surface area contributed by atoms with Gasteiger partial charge in [0.25, 0.3) is 0 Å². The van der Waals surface area contributed by atoms with Gasteiger partial charge in [-0.25, -0.2) is 0 Å². The molecule has 0 aliphatic heterocycles. The minimum atomic E-state index is -0.768. The van der Waals surface area contributed by atoms with Crippen LogP contribution in [-0.4, -0.2) is 36.4 Å². The Labute approximate surface area is 490 Å². The van der Waals surface area contributed by atoms with E-state index in [2.05, 4.69) is 26.0 Å². The highest BCUT2D eigenvalue weighted by Crippen LogP contribution is 2.20. The molecule has 1 unspecified atom stereocenters. The lowest BCUT2D eigenvalue weighted by atomic mass is 10.0. The van der Waals surface area contributed by atoms with Gasteiger partial charge in [-0.2, -0.15) is 0 Å². The Morgan fingerprint density at radius 1 is 0.282 bits per heavy atom. The van der Waals surface area contributed by atoms with Crippen LogP contribution in [0.5, 0.6) is 0 Å². The highest BCUT2D eigenvalue weighted by Gasteiger charge is 2.16. The van der Waals surface area contributed by atoms with Crippen molar-refractivity contribution in [2.45, 2.75) is 431 Å². The molecule has 0 saturated heterocycles. The van der Waals surface area contributed by atoms with Gasteiger partial charge in [0, 0.05) is 12.8 Å². The first-order valence-electron chi connectivity index (χ1n) is 36.2. The lowest BCUT2D eigenvalue weighted by Crippen LogP contribution is -2.28. The lowest BCUT2D eigenvalue weighted by molar-refractivity contribution is -0.161. The van der Waals surface area contributed by atoms with Gasteiger partial charge in [-0.3, -0.25) is 9.59 Å². The van der Waals surface area contributed by atoms with Crippen molar-refractivity contribution in [3.63, 3.8) is 0 Å². The first-order chi connectivity index (χ1) is 38.6. The van der Waals surface area contributed by atoms with Gasteiger partial charge in [-0.15, -0.1) is 0 Å². The van der Waals surface area contributed by atoms with E-state index >= 15 is 0 Å². The van der Waals surface area contributed by atoms with E-state index in [1.165, 1.54) is 366 Å². The van der Waals surface area contributed by atoms with Gasteiger partial charge in [0.1, 0.15) is 6.61 Å². The maximum absolute atomic E-state index is 12.4. The summed E-state index contributed by atoms with van der Waals surface area (Å²) in [6, 6.07) is 0. The molecule has 5 nitrogen and oxygen atoms in total. The van der Waals surface area contributed by atoms with Crippen LogP contribution in [0.4, 0.5) is 0 Å². The van der Waals surface area contributed by atoms with Crippen LogP contribution < -0.4 is 0 Å². The number of unbranched alkanes of at least 4 members (excludes halogenated alkanes) is 59. The standard InChI is InChI=1S/C73H142O5/c1-3-5-7-9-11-13-15-17-19-21-23-25-27-29-31-33-34-35-36-37-38-40-41-43-45-47-49-51-53-55-57-59-61-63-65-67-72(75)77-70-71(69-74)78-73(76)68-66-64-62-60-58-56-54-52-50-48-46-44-42-39-32-30-28-26-24-22-20-18-16-14-12-10-8-6-4-2/h22,24,71,74H,3-21,23,25-70H2,1-2H3/b24-22-. The molecule has 0 bridgehead atoms. The van der Waals surface area contributed by atoms with E-state index in [0.29, 0.717) is 12.8 Å². The molecule has 78 heavy (non-hydrogen) atoms. The van der Waals surface area contributed by atoms with Gasteiger partial charge in [-0.05, 0) is 38.5 Å². The molecule has 1 atom stereocenters. The van der Waals surface area contributed by atoms with E-state index < -0.39 is 6.10 Å². The fraction of sp³-hybridized carbons (Fsp3) is 0.945. The molecule has 0 fully saturated rings. The summed E-state index contributed by atoms with van der Waals surface area (Å²) in [6.45, 7) is 4.22. The van der Waals surface area contributed by atoms with Gasteiger partial charge >= 0.3 is 11.9 Å². The molecule has 0 radical (unpaired) electrons. The van der Waals surface area contributed by atoms with Crippen LogP contribution in [0.1, 0.15) is 425 Å². The van der Waals surface area contributed by atoms with Gasteiger partial charge in [0.05, 0.1) is 6.61 Å². The van der Waals surface area contributed by atoms with Crippen molar-refractivity contribution in [2.75, 3.05) is 13.2 Å². The maximum Gasteiger partial charge on any atom is 0.306 e. The summed E-state index contributed by atoms with van der Waals surface area (Å²) in [5, 5.41) is 9.70. The van der Waals surface area contributed by atoms with Crippen molar-refractivity contribution in [1.29, 1.82) is 0 Å². The van der Waals surface area contributed by atoms with Crippen LogP contribution in [0.15, 0.2) is 12.2 Å². The number of ether oxygens (including phenoxy) is 2. The molecule has 0 amide bonds. The predicted molar refractivity (Wildman–Crippen MR) is 344 cm³/mol. The largest absolute Gasteiger partial charge is 0.462 e. The molecule has 0 heterocycles. The summed E-state index contributed by atoms with van der Waals surface area (Å²) < 4.78 is 10.8. The number of hydrogen-bond donors (Lipinski definition) is 1. The smallest absolute Gasteiger partial charge is 0.306 e. The Morgan fingerprint density at radius 2 is 0.474 bits per heavy atom. The third-order valence-electron chi connectivity index (χ3n) is 17.1. The number of rotatable bonds is 69. The number of carbonyl (C=O) groups excluding carboxylic acids is 2. The quantitative estimate of drug-likeness (QED) is 0.0373. The molecule has 464 valence electrons. The van der Waals surface area contributed by atoms with Crippen molar-refractivity contribution in [2.24, 2.45) is 0 Å². The Morgan fingerprint density at radius 3 is 0.692 bits per heavy atom. The van der Waals surface area contributed by atoms with Crippen molar-refractivity contribution in [1.82, 2.24) is 0 Å². The van der Waals surface area contributed by atoms with Crippen LogP contribution in [0.2, 0.25) is 0 Å². The lowest BCUT2D eigenvalue weighted by Gasteiger charge is -2.15. The number of allylic oxidation sites excluding steroid dienone is 2. The number of esters is 2. The Bertz CT molecular complexity index is 1150. The third-order valence-corrected chi connectivity index (χ3v) is 17.1. The number of carbonyl (C=O) groups is 2. The highest BCUT2D eigenvalue weighted by atomic mass is 16.6. The second kappa shape index (κ2) is 69.9. The zero-order chi connectivity index (χ0) is 56.2. The van der Waals surface area contributed by atoms with E-state index in [9.17, 15) is 14.7 Å².